The predicted octanol–water partition coefficient (Wildman–Crippen LogP) is 1.66. The summed E-state index contributed by atoms with van der Waals surface area (Å²) in [5, 5.41) is 3.18. The molecule has 1 atom stereocenters. The van der Waals surface area contributed by atoms with Crippen molar-refractivity contribution in [3.8, 4) is 0 Å². The van der Waals surface area contributed by atoms with E-state index in [0.29, 0.717) is 18.2 Å². The van der Waals surface area contributed by atoms with Crippen LogP contribution < -0.4 is 5.32 Å². The SMILES string of the molecule is COC(=O)c1ccc(CNC(CC(C)C)C(=O)N(C)C)o1. The summed E-state index contributed by atoms with van der Waals surface area (Å²) < 4.78 is 9.95. The smallest absolute Gasteiger partial charge is 0.373 e. The molecule has 6 nitrogen and oxygen atoms in total. The summed E-state index contributed by atoms with van der Waals surface area (Å²) in [4.78, 5) is 25.0. The molecule has 0 saturated heterocycles. The van der Waals surface area contributed by atoms with Crippen molar-refractivity contribution in [1.82, 2.24) is 10.2 Å². The molecule has 0 aliphatic heterocycles. The molecule has 0 fully saturated rings. The fraction of sp³-hybridized carbons (Fsp3) is 0.600. The van der Waals surface area contributed by atoms with Crippen LogP contribution in [0.1, 0.15) is 36.6 Å². The Morgan fingerprint density at radius 1 is 1.33 bits per heavy atom. The molecule has 1 amide bonds. The van der Waals surface area contributed by atoms with Gasteiger partial charge in [-0.05, 0) is 24.5 Å². The van der Waals surface area contributed by atoms with Gasteiger partial charge in [0.15, 0.2) is 0 Å². The zero-order valence-electron chi connectivity index (χ0n) is 13.3. The van der Waals surface area contributed by atoms with Gasteiger partial charge < -0.3 is 14.1 Å². The summed E-state index contributed by atoms with van der Waals surface area (Å²) in [6, 6.07) is 2.99. The van der Waals surface area contributed by atoms with Gasteiger partial charge in [-0.25, -0.2) is 4.79 Å². The van der Waals surface area contributed by atoms with Crippen LogP contribution in [0.5, 0.6) is 0 Å². The first-order valence-corrected chi connectivity index (χ1v) is 6.96. The van der Waals surface area contributed by atoms with E-state index < -0.39 is 5.97 Å². The number of likely N-dealkylation sites (N-methyl/N-ethyl adjacent to an activating group) is 1. The third kappa shape index (κ3) is 5.23. The molecule has 0 bridgehead atoms. The molecule has 1 rings (SSSR count). The molecule has 6 heteroatoms. The van der Waals surface area contributed by atoms with Gasteiger partial charge in [0.1, 0.15) is 5.76 Å². The van der Waals surface area contributed by atoms with Gasteiger partial charge in [0.2, 0.25) is 11.7 Å². The van der Waals surface area contributed by atoms with Crippen molar-refractivity contribution in [3.05, 3.63) is 23.7 Å². The lowest BCUT2D eigenvalue weighted by atomic mass is 10.0. The van der Waals surface area contributed by atoms with Crippen molar-refractivity contribution in [2.45, 2.75) is 32.9 Å². The number of carbonyl (C=O) groups is 2. The van der Waals surface area contributed by atoms with Crippen LogP contribution in [-0.2, 0) is 16.1 Å². The number of hydrogen-bond donors (Lipinski definition) is 1. The molecule has 0 aliphatic carbocycles. The van der Waals surface area contributed by atoms with E-state index in [4.69, 9.17) is 4.42 Å². The molecular formula is C15H24N2O4. The maximum absolute atomic E-state index is 12.1. The van der Waals surface area contributed by atoms with E-state index in [9.17, 15) is 9.59 Å². The van der Waals surface area contributed by atoms with Gasteiger partial charge >= 0.3 is 5.97 Å². The Labute approximate surface area is 125 Å². The molecular weight excluding hydrogens is 272 g/mol. The number of hydrogen-bond acceptors (Lipinski definition) is 5. The number of amides is 1. The van der Waals surface area contributed by atoms with Crippen LogP contribution in [0.3, 0.4) is 0 Å². The van der Waals surface area contributed by atoms with Gasteiger partial charge in [-0.15, -0.1) is 0 Å². The highest BCUT2D eigenvalue weighted by atomic mass is 16.5. The monoisotopic (exact) mass is 296 g/mol. The Bertz CT molecular complexity index is 480. The molecule has 1 heterocycles. The molecule has 0 saturated carbocycles. The molecule has 0 aliphatic rings. The van der Waals surface area contributed by atoms with Gasteiger partial charge in [-0.3, -0.25) is 10.1 Å². The first kappa shape index (κ1) is 17.2. The molecule has 1 N–H and O–H groups in total. The van der Waals surface area contributed by atoms with E-state index in [-0.39, 0.29) is 17.7 Å². The number of ether oxygens (including phenoxy) is 1. The maximum Gasteiger partial charge on any atom is 0.373 e. The van der Waals surface area contributed by atoms with Crippen molar-refractivity contribution in [2.24, 2.45) is 5.92 Å². The van der Waals surface area contributed by atoms with Gasteiger partial charge in [-0.1, -0.05) is 13.8 Å². The number of nitrogens with zero attached hydrogens (tertiary/aromatic N) is 1. The Morgan fingerprint density at radius 2 is 2.00 bits per heavy atom. The normalized spacial score (nSPS) is 12.3. The van der Waals surface area contributed by atoms with Crippen molar-refractivity contribution >= 4 is 11.9 Å². The minimum atomic E-state index is -0.510. The number of methoxy groups -OCH3 is 1. The van der Waals surface area contributed by atoms with E-state index in [2.05, 4.69) is 23.9 Å². The van der Waals surface area contributed by atoms with Gasteiger partial charge in [0, 0.05) is 14.1 Å². The van der Waals surface area contributed by atoms with Crippen LogP contribution in [-0.4, -0.2) is 44.0 Å². The number of furan rings is 1. The number of nitrogens with one attached hydrogen (secondary N) is 1. The molecule has 21 heavy (non-hydrogen) atoms. The van der Waals surface area contributed by atoms with Crippen molar-refractivity contribution in [1.29, 1.82) is 0 Å². The summed E-state index contributed by atoms with van der Waals surface area (Å²) in [5.74, 6) is 0.672. The molecule has 0 aromatic carbocycles. The highest BCUT2D eigenvalue weighted by Crippen LogP contribution is 2.11. The highest BCUT2D eigenvalue weighted by Gasteiger charge is 2.21. The molecule has 1 unspecified atom stereocenters. The zero-order valence-corrected chi connectivity index (χ0v) is 13.3. The number of rotatable bonds is 7. The lowest BCUT2D eigenvalue weighted by Gasteiger charge is -2.22. The van der Waals surface area contributed by atoms with Gasteiger partial charge in [0.25, 0.3) is 0 Å². The molecule has 118 valence electrons. The van der Waals surface area contributed by atoms with Gasteiger partial charge in [0.05, 0.1) is 19.7 Å². The Balaban J connectivity index is 2.66. The standard InChI is InChI=1S/C15H24N2O4/c1-10(2)8-12(14(18)17(3)4)16-9-11-6-7-13(21-11)15(19)20-5/h6-7,10,12,16H,8-9H2,1-5H3. The van der Waals surface area contributed by atoms with Crippen molar-refractivity contribution in [3.63, 3.8) is 0 Å². The Kier molecular flexibility index (Phi) is 6.42. The van der Waals surface area contributed by atoms with E-state index >= 15 is 0 Å². The summed E-state index contributed by atoms with van der Waals surface area (Å²) in [6.07, 6.45) is 0.738. The van der Waals surface area contributed by atoms with E-state index in [1.54, 1.807) is 31.1 Å². The summed E-state index contributed by atoms with van der Waals surface area (Å²) in [6.45, 7) is 4.52. The Morgan fingerprint density at radius 3 is 2.52 bits per heavy atom. The van der Waals surface area contributed by atoms with Crippen LogP contribution >= 0.6 is 0 Å². The fourth-order valence-electron chi connectivity index (χ4n) is 1.96. The molecule has 0 spiro atoms. The van der Waals surface area contributed by atoms with Crippen LogP contribution in [0, 0.1) is 5.92 Å². The molecule has 0 radical (unpaired) electrons. The van der Waals surface area contributed by atoms with E-state index in [0.717, 1.165) is 6.42 Å². The van der Waals surface area contributed by atoms with Crippen LogP contribution in [0.4, 0.5) is 0 Å². The first-order valence-electron chi connectivity index (χ1n) is 6.96. The average Bonchev–Trinajstić information content (AvgIpc) is 2.90. The third-order valence-electron chi connectivity index (χ3n) is 3.02. The van der Waals surface area contributed by atoms with Crippen LogP contribution in [0.2, 0.25) is 0 Å². The van der Waals surface area contributed by atoms with Crippen LogP contribution in [0.25, 0.3) is 0 Å². The number of carbonyl (C=O) groups excluding carboxylic acids is 2. The van der Waals surface area contributed by atoms with Gasteiger partial charge in [-0.2, -0.15) is 0 Å². The second-order valence-electron chi connectivity index (χ2n) is 5.55. The lowest BCUT2D eigenvalue weighted by Crippen LogP contribution is -2.44. The fourth-order valence-corrected chi connectivity index (χ4v) is 1.96. The topological polar surface area (TPSA) is 71.8 Å². The van der Waals surface area contributed by atoms with Crippen molar-refractivity contribution < 1.29 is 18.7 Å². The van der Waals surface area contributed by atoms with E-state index in [1.165, 1.54) is 7.11 Å². The first-order chi connectivity index (χ1) is 9.85. The third-order valence-corrected chi connectivity index (χ3v) is 3.02. The summed E-state index contributed by atoms with van der Waals surface area (Å²) in [7, 11) is 4.77. The molecule has 1 aromatic rings. The summed E-state index contributed by atoms with van der Waals surface area (Å²) in [5.41, 5.74) is 0. The zero-order chi connectivity index (χ0) is 16.0. The lowest BCUT2D eigenvalue weighted by molar-refractivity contribution is -0.131. The summed E-state index contributed by atoms with van der Waals surface area (Å²) >= 11 is 0. The quantitative estimate of drug-likeness (QED) is 0.775. The second kappa shape index (κ2) is 7.83. The number of esters is 1. The second-order valence-corrected chi connectivity index (χ2v) is 5.55. The molecule has 1 aromatic heterocycles. The minimum absolute atomic E-state index is 0.0310. The minimum Gasteiger partial charge on any atom is -0.463 e. The largest absolute Gasteiger partial charge is 0.463 e. The highest BCUT2D eigenvalue weighted by molar-refractivity contribution is 5.86. The predicted molar refractivity (Wildman–Crippen MR) is 78.8 cm³/mol. The van der Waals surface area contributed by atoms with Crippen LogP contribution in [0.15, 0.2) is 16.5 Å². The maximum atomic E-state index is 12.1. The van der Waals surface area contributed by atoms with Crippen molar-refractivity contribution in [2.75, 3.05) is 21.2 Å². The Hall–Kier alpha value is -1.82. The van der Waals surface area contributed by atoms with E-state index in [1.807, 2.05) is 0 Å². The average molecular weight is 296 g/mol.